The highest BCUT2D eigenvalue weighted by Gasteiger charge is 2.16. The van der Waals surface area contributed by atoms with Gasteiger partial charge in [0.1, 0.15) is 11.2 Å². The van der Waals surface area contributed by atoms with Crippen LogP contribution in [0.3, 0.4) is 0 Å². The Morgan fingerprint density at radius 2 is 0.711 bits per heavy atom. The van der Waals surface area contributed by atoms with Crippen molar-refractivity contribution in [2.75, 3.05) is 0 Å². The fourth-order valence-electron chi connectivity index (χ4n) is 5.08. The summed E-state index contributed by atoms with van der Waals surface area (Å²) in [5.74, 6) is 0. The van der Waals surface area contributed by atoms with Crippen LogP contribution in [-0.4, -0.2) is 0 Å². The third-order valence-corrected chi connectivity index (χ3v) is 7.01. The molecule has 0 saturated carbocycles. The SMILES string of the molecule is [2H]c1c([2H])c([2H])c(-c2c([2H])c([2H])c3c(oc4c([2H])c([2H])c(-c5c([2H])c([2H])c(-c6c7c([2H])c([2H])c([2H])c([2H])c7c(-c7c([2H])c([2H])c([2H])c([2H])c7[2H])c7c([2H])c([2H])c([2H])c([2H])c67)c([2H])c5[2H])c([2H])c43)c2[2H])c([2H])c1[2H]. The molecule has 1 heteroatoms. The standard InChI is InChI=1S/C44H28O/c1-3-11-29(12-4-1)34-23-25-35-40-27-33(24-26-41(40)45-42(35)28-34)30-19-21-32(22-20-30)44-38-17-9-7-15-36(38)43(31-13-5-2-6-14-31)37-16-8-10-18-39(37)44/h1-28H/i1D,2D,3D,4D,5D,6D,7D,8D,9D,10D,11D,12D,13D,14D,15D,16D,17D,18D,19D,20D,21D,22D,23D,24D,25D,26D,27D,28D. The van der Waals surface area contributed by atoms with Crippen molar-refractivity contribution in [1.82, 2.24) is 0 Å². The van der Waals surface area contributed by atoms with Gasteiger partial charge in [0.25, 0.3) is 0 Å². The van der Waals surface area contributed by atoms with Gasteiger partial charge in [-0.1, -0.05) is 145 Å². The van der Waals surface area contributed by atoms with Gasteiger partial charge in [0.05, 0.1) is 38.4 Å². The van der Waals surface area contributed by atoms with E-state index in [2.05, 4.69) is 0 Å². The number of fused-ring (bicyclic) bond motifs is 5. The largest absolute Gasteiger partial charge is 0.456 e. The summed E-state index contributed by atoms with van der Waals surface area (Å²) < 4.78 is 254. The quantitative estimate of drug-likeness (QED) is 0.183. The van der Waals surface area contributed by atoms with Gasteiger partial charge in [0, 0.05) is 10.8 Å². The molecular formula is C44H28O. The Labute approximate surface area is 301 Å². The van der Waals surface area contributed by atoms with Crippen LogP contribution in [0, 0.1) is 0 Å². The highest BCUT2D eigenvalue weighted by atomic mass is 16.3. The molecule has 0 bridgehead atoms. The van der Waals surface area contributed by atoms with Crippen molar-refractivity contribution in [2.45, 2.75) is 0 Å². The lowest BCUT2D eigenvalue weighted by atomic mass is 9.86. The molecule has 0 spiro atoms. The zero-order valence-electron chi connectivity index (χ0n) is 50.4. The molecule has 0 unspecified atom stereocenters. The predicted molar refractivity (Wildman–Crippen MR) is 190 cm³/mol. The Hall–Kier alpha value is -5.92. The van der Waals surface area contributed by atoms with Crippen LogP contribution < -0.4 is 0 Å². The molecule has 45 heavy (non-hydrogen) atoms. The van der Waals surface area contributed by atoms with E-state index in [0.717, 1.165) is 0 Å². The molecule has 0 amide bonds. The van der Waals surface area contributed by atoms with Gasteiger partial charge in [-0.05, 0) is 90.2 Å². The molecule has 1 heterocycles. The van der Waals surface area contributed by atoms with E-state index in [0.29, 0.717) is 0 Å². The first kappa shape index (κ1) is 10.1. The van der Waals surface area contributed by atoms with Crippen LogP contribution in [0.25, 0.3) is 88.0 Å². The van der Waals surface area contributed by atoms with Gasteiger partial charge >= 0.3 is 0 Å². The molecule has 0 saturated heterocycles. The van der Waals surface area contributed by atoms with Gasteiger partial charge in [0.2, 0.25) is 0 Å². The van der Waals surface area contributed by atoms with Crippen molar-refractivity contribution < 1.29 is 42.8 Å². The summed E-state index contributed by atoms with van der Waals surface area (Å²) in [6, 6.07) is -26.0. The molecule has 0 aliphatic carbocycles. The van der Waals surface area contributed by atoms with E-state index in [9.17, 15) is 12.3 Å². The summed E-state index contributed by atoms with van der Waals surface area (Å²) in [5, 5.41) is -3.86. The summed E-state index contributed by atoms with van der Waals surface area (Å²) in [6.07, 6.45) is 0. The second-order valence-electron chi connectivity index (χ2n) is 9.51. The number of benzene rings is 8. The van der Waals surface area contributed by atoms with Gasteiger partial charge in [0.15, 0.2) is 0 Å². The van der Waals surface area contributed by atoms with E-state index in [-0.39, 0.29) is 0 Å². The summed E-state index contributed by atoms with van der Waals surface area (Å²) >= 11 is 0. The van der Waals surface area contributed by atoms with Crippen LogP contribution in [-0.2, 0) is 0 Å². The van der Waals surface area contributed by atoms with Crippen molar-refractivity contribution in [2.24, 2.45) is 0 Å². The normalized spacial score (nSPS) is 20.3. The molecule has 0 N–H and O–H groups in total. The van der Waals surface area contributed by atoms with Gasteiger partial charge in [-0.3, -0.25) is 0 Å². The summed E-state index contributed by atoms with van der Waals surface area (Å²) in [4.78, 5) is 0. The van der Waals surface area contributed by atoms with E-state index >= 15 is 0 Å². The number of hydrogen-bond donors (Lipinski definition) is 0. The molecule has 210 valence electrons. The maximum Gasteiger partial charge on any atom is 0.136 e. The van der Waals surface area contributed by atoms with Crippen LogP contribution in [0.4, 0.5) is 0 Å². The molecule has 8 aromatic carbocycles. The highest BCUT2D eigenvalue weighted by molar-refractivity contribution is 6.21. The Morgan fingerprint density at radius 1 is 0.289 bits per heavy atom. The lowest BCUT2D eigenvalue weighted by molar-refractivity contribution is 0.669. The Morgan fingerprint density at radius 3 is 1.31 bits per heavy atom. The molecule has 0 aliphatic rings. The van der Waals surface area contributed by atoms with Gasteiger partial charge in [-0.15, -0.1) is 0 Å². The van der Waals surface area contributed by atoms with Crippen molar-refractivity contribution in [3.63, 3.8) is 0 Å². The lowest BCUT2D eigenvalue weighted by Gasteiger charge is -2.18. The first-order valence-corrected chi connectivity index (χ1v) is 13.2. The van der Waals surface area contributed by atoms with E-state index in [1.807, 2.05) is 0 Å². The minimum Gasteiger partial charge on any atom is -0.456 e. The van der Waals surface area contributed by atoms with Gasteiger partial charge in [-0.2, -0.15) is 0 Å². The molecule has 0 atom stereocenters. The zero-order chi connectivity index (χ0) is 54.1. The fourth-order valence-corrected chi connectivity index (χ4v) is 5.08. The summed E-state index contributed by atoms with van der Waals surface area (Å²) in [6.45, 7) is 0. The molecular weight excluding hydrogens is 544 g/mol. The average molecular weight is 601 g/mol. The van der Waals surface area contributed by atoms with Crippen LogP contribution in [0.5, 0.6) is 0 Å². The zero-order valence-corrected chi connectivity index (χ0v) is 22.4. The molecule has 9 aromatic rings. The van der Waals surface area contributed by atoms with Crippen molar-refractivity contribution in [1.29, 1.82) is 0 Å². The average Bonchev–Trinajstić information content (AvgIpc) is 3.78. The van der Waals surface area contributed by atoms with Crippen molar-refractivity contribution in [3.8, 4) is 44.5 Å². The second-order valence-corrected chi connectivity index (χ2v) is 9.51. The predicted octanol–water partition coefficient (Wildman–Crippen LogP) is 12.6. The van der Waals surface area contributed by atoms with Crippen LogP contribution in [0.2, 0.25) is 0 Å². The second kappa shape index (κ2) is 10.4. The van der Waals surface area contributed by atoms with Crippen molar-refractivity contribution >= 4 is 43.5 Å². The summed E-state index contributed by atoms with van der Waals surface area (Å²) in [5.41, 5.74) is -7.14. The Balaban J connectivity index is 1.44. The smallest absolute Gasteiger partial charge is 0.136 e. The third kappa shape index (κ3) is 4.24. The van der Waals surface area contributed by atoms with Crippen LogP contribution >= 0.6 is 0 Å². The fraction of sp³-hybridized carbons (Fsp3) is 0. The first-order chi connectivity index (χ1) is 34.0. The summed E-state index contributed by atoms with van der Waals surface area (Å²) in [7, 11) is 0. The maximum atomic E-state index is 9.51. The minimum absolute atomic E-state index is 0.506. The van der Waals surface area contributed by atoms with Gasteiger partial charge < -0.3 is 4.42 Å². The third-order valence-electron chi connectivity index (χ3n) is 7.01. The van der Waals surface area contributed by atoms with E-state index < -0.39 is 257 Å². The van der Waals surface area contributed by atoms with Crippen LogP contribution in [0.1, 0.15) is 38.4 Å². The molecule has 0 fully saturated rings. The number of hydrogen-bond acceptors (Lipinski definition) is 1. The van der Waals surface area contributed by atoms with Crippen molar-refractivity contribution in [3.05, 3.63) is 169 Å². The Kier molecular flexibility index (Phi) is 2.32. The molecule has 0 radical (unpaired) electrons. The first-order valence-electron chi connectivity index (χ1n) is 27.2. The molecule has 1 aromatic heterocycles. The molecule has 9 rings (SSSR count). The topological polar surface area (TPSA) is 13.1 Å². The number of furan rings is 1. The molecule has 1 nitrogen and oxygen atoms in total. The molecule has 0 aliphatic heterocycles. The minimum atomic E-state index is -1.09. The van der Waals surface area contributed by atoms with Gasteiger partial charge in [-0.25, -0.2) is 0 Å². The highest BCUT2D eigenvalue weighted by Crippen LogP contribution is 2.44. The van der Waals surface area contributed by atoms with E-state index in [1.54, 1.807) is 0 Å². The monoisotopic (exact) mass is 600 g/mol. The Bertz CT molecular complexity index is 3950. The maximum absolute atomic E-state index is 9.51. The number of rotatable bonds is 4. The van der Waals surface area contributed by atoms with Crippen LogP contribution in [0.15, 0.2) is 174 Å². The lowest BCUT2D eigenvalue weighted by Crippen LogP contribution is -1.90. The van der Waals surface area contributed by atoms with E-state index in [4.69, 9.17) is 30.5 Å². The van der Waals surface area contributed by atoms with E-state index in [1.165, 1.54) is 0 Å².